The van der Waals surface area contributed by atoms with Gasteiger partial charge in [-0.05, 0) is 23.6 Å². The van der Waals surface area contributed by atoms with Crippen LogP contribution in [0.15, 0.2) is 36.4 Å². The van der Waals surface area contributed by atoms with Crippen LogP contribution in [0, 0.1) is 11.6 Å². The van der Waals surface area contributed by atoms with Gasteiger partial charge < -0.3 is 14.8 Å². The van der Waals surface area contributed by atoms with Gasteiger partial charge in [-0.15, -0.1) is 0 Å². The second-order valence-corrected chi connectivity index (χ2v) is 6.89. The van der Waals surface area contributed by atoms with E-state index in [4.69, 9.17) is 9.47 Å². The van der Waals surface area contributed by atoms with Crippen molar-refractivity contribution in [1.82, 2.24) is 0 Å². The van der Waals surface area contributed by atoms with E-state index < -0.39 is 23.8 Å². The second-order valence-electron chi connectivity index (χ2n) is 6.89. The lowest BCUT2D eigenvalue weighted by molar-refractivity contribution is -0.151. The smallest absolute Gasteiger partial charge is 0.164 e. The summed E-state index contributed by atoms with van der Waals surface area (Å²) in [7, 11) is 0. The molecule has 3 unspecified atom stereocenters. The molecule has 132 valence electrons. The first-order valence-corrected chi connectivity index (χ1v) is 8.63. The normalized spacial score (nSPS) is 25.2. The van der Waals surface area contributed by atoms with Crippen LogP contribution in [0.2, 0.25) is 0 Å². The zero-order valence-corrected chi connectivity index (χ0v) is 14.3. The number of hydrogen-bond acceptors (Lipinski definition) is 3. The molecule has 0 amide bonds. The van der Waals surface area contributed by atoms with Crippen molar-refractivity contribution in [2.75, 3.05) is 18.5 Å². The van der Waals surface area contributed by atoms with Gasteiger partial charge in [-0.3, -0.25) is 0 Å². The maximum absolute atomic E-state index is 14.4. The van der Waals surface area contributed by atoms with Gasteiger partial charge in [0.25, 0.3) is 0 Å². The Balaban J connectivity index is 1.80. The van der Waals surface area contributed by atoms with E-state index >= 15 is 0 Å². The Morgan fingerprint density at radius 2 is 1.84 bits per heavy atom. The highest BCUT2D eigenvalue weighted by Crippen LogP contribution is 2.45. The maximum atomic E-state index is 14.4. The topological polar surface area (TPSA) is 30.5 Å². The molecule has 1 fully saturated rings. The summed E-state index contributed by atoms with van der Waals surface area (Å²) in [6.45, 7) is 5.21. The van der Waals surface area contributed by atoms with E-state index in [2.05, 4.69) is 31.3 Å². The largest absolute Gasteiger partial charge is 0.375 e. The summed E-state index contributed by atoms with van der Waals surface area (Å²) in [4.78, 5) is 0. The third-order valence-corrected chi connectivity index (χ3v) is 4.99. The summed E-state index contributed by atoms with van der Waals surface area (Å²) >= 11 is 0. The van der Waals surface area contributed by atoms with E-state index in [1.165, 1.54) is 11.6 Å². The fourth-order valence-corrected chi connectivity index (χ4v) is 3.65. The number of fused-ring (bicyclic) bond motifs is 3. The van der Waals surface area contributed by atoms with Gasteiger partial charge in [0.15, 0.2) is 11.6 Å². The standard InChI is InChI=1S/C20H21F2NO2/c1-11(2)12-6-7-16-14(10-12)19-20(25-9-8-24-19)18(23-16)13-4-3-5-15(21)17(13)22/h3-7,10-11,18-20,23H,8-9H2,1-2H3. The maximum Gasteiger partial charge on any atom is 0.164 e. The molecule has 0 radical (unpaired) electrons. The molecule has 3 nitrogen and oxygen atoms in total. The summed E-state index contributed by atoms with van der Waals surface area (Å²) < 4.78 is 40.0. The fraction of sp³-hybridized carbons (Fsp3) is 0.400. The van der Waals surface area contributed by atoms with Crippen LogP contribution in [0.3, 0.4) is 0 Å². The van der Waals surface area contributed by atoms with E-state index in [9.17, 15) is 8.78 Å². The molecule has 0 saturated carbocycles. The molecule has 2 aliphatic rings. The van der Waals surface area contributed by atoms with Gasteiger partial charge in [0.2, 0.25) is 0 Å². The minimum absolute atomic E-state index is 0.263. The molecular formula is C20H21F2NO2. The van der Waals surface area contributed by atoms with Crippen molar-refractivity contribution >= 4 is 5.69 Å². The van der Waals surface area contributed by atoms with Gasteiger partial charge in [0, 0.05) is 16.8 Å². The summed E-state index contributed by atoms with van der Waals surface area (Å²) in [6.07, 6.45) is -0.698. The van der Waals surface area contributed by atoms with E-state index in [0.717, 1.165) is 17.3 Å². The van der Waals surface area contributed by atoms with Crippen LogP contribution >= 0.6 is 0 Å². The first kappa shape index (κ1) is 16.5. The van der Waals surface area contributed by atoms with E-state index in [0.29, 0.717) is 19.1 Å². The van der Waals surface area contributed by atoms with Crippen molar-refractivity contribution < 1.29 is 18.3 Å². The molecule has 1 N–H and O–H groups in total. The number of rotatable bonds is 2. The average molecular weight is 345 g/mol. The molecule has 0 spiro atoms. The van der Waals surface area contributed by atoms with Crippen LogP contribution < -0.4 is 5.32 Å². The minimum Gasteiger partial charge on any atom is -0.375 e. The predicted molar refractivity (Wildman–Crippen MR) is 91.7 cm³/mol. The first-order valence-electron chi connectivity index (χ1n) is 8.63. The van der Waals surface area contributed by atoms with Gasteiger partial charge in [-0.25, -0.2) is 8.78 Å². The zero-order chi connectivity index (χ0) is 17.6. The molecule has 0 aliphatic carbocycles. The van der Waals surface area contributed by atoms with Gasteiger partial charge in [0.1, 0.15) is 12.2 Å². The lowest BCUT2D eigenvalue weighted by Gasteiger charge is -2.43. The van der Waals surface area contributed by atoms with E-state index in [1.807, 2.05) is 6.07 Å². The zero-order valence-electron chi connectivity index (χ0n) is 14.3. The first-order chi connectivity index (χ1) is 12.1. The van der Waals surface area contributed by atoms with E-state index in [-0.39, 0.29) is 11.7 Å². The van der Waals surface area contributed by atoms with Crippen LogP contribution in [-0.4, -0.2) is 19.3 Å². The number of anilines is 1. The van der Waals surface area contributed by atoms with Crippen LogP contribution in [0.4, 0.5) is 14.5 Å². The highest BCUT2D eigenvalue weighted by Gasteiger charge is 2.42. The van der Waals surface area contributed by atoms with Crippen molar-refractivity contribution in [2.24, 2.45) is 0 Å². The Kier molecular flexibility index (Phi) is 4.21. The molecule has 0 bridgehead atoms. The van der Waals surface area contributed by atoms with Gasteiger partial charge in [0.05, 0.1) is 19.3 Å². The summed E-state index contributed by atoms with van der Waals surface area (Å²) in [5.74, 6) is -1.30. The Morgan fingerprint density at radius 3 is 2.64 bits per heavy atom. The van der Waals surface area contributed by atoms with Gasteiger partial charge in [-0.2, -0.15) is 0 Å². The molecule has 2 heterocycles. The lowest BCUT2D eigenvalue weighted by atomic mass is 9.85. The molecule has 3 atom stereocenters. The summed E-state index contributed by atoms with van der Waals surface area (Å²) in [5.41, 5.74) is 3.37. The predicted octanol–water partition coefficient (Wildman–Crippen LogP) is 4.71. The van der Waals surface area contributed by atoms with Gasteiger partial charge in [-0.1, -0.05) is 38.1 Å². The quantitative estimate of drug-likeness (QED) is 0.855. The number of hydrogen-bond donors (Lipinski definition) is 1. The third-order valence-electron chi connectivity index (χ3n) is 4.99. The van der Waals surface area contributed by atoms with Crippen molar-refractivity contribution in [3.05, 3.63) is 64.7 Å². The van der Waals surface area contributed by atoms with Crippen molar-refractivity contribution in [1.29, 1.82) is 0 Å². The molecule has 4 rings (SSSR count). The van der Waals surface area contributed by atoms with Crippen molar-refractivity contribution in [2.45, 2.75) is 38.0 Å². The number of halogens is 2. The second kappa shape index (κ2) is 6.39. The highest BCUT2D eigenvalue weighted by atomic mass is 19.2. The Labute approximate surface area is 146 Å². The van der Waals surface area contributed by atoms with E-state index in [1.54, 1.807) is 6.07 Å². The average Bonchev–Trinajstić information content (AvgIpc) is 2.63. The van der Waals surface area contributed by atoms with Crippen LogP contribution in [0.5, 0.6) is 0 Å². The monoisotopic (exact) mass is 345 g/mol. The molecule has 1 saturated heterocycles. The summed E-state index contributed by atoms with van der Waals surface area (Å²) in [6, 6.07) is 9.91. The lowest BCUT2D eigenvalue weighted by Crippen LogP contribution is -2.43. The fourth-order valence-electron chi connectivity index (χ4n) is 3.65. The van der Waals surface area contributed by atoms with Crippen LogP contribution in [0.1, 0.15) is 48.6 Å². The minimum atomic E-state index is -0.853. The van der Waals surface area contributed by atoms with Crippen LogP contribution in [-0.2, 0) is 9.47 Å². The number of benzene rings is 2. The van der Waals surface area contributed by atoms with Crippen molar-refractivity contribution in [3.63, 3.8) is 0 Å². The Hall–Kier alpha value is -1.98. The van der Waals surface area contributed by atoms with Gasteiger partial charge >= 0.3 is 0 Å². The third kappa shape index (κ3) is 2.81. The van der Waals surface area contributed by atoms with Crippen molar-refractivity contribution in [3.8, 4) is 0 Å². The molecule has 25 heavy (non-hydrogen) atoms. The molecule has 2 aromatic rings. The Bertz CT molecular complexity index is 793. The number of ether oxygens (including phenoxy) is 2. The SMILES string of the molecule is CC(C)c1ccc2c(c1)C1OCCOC1C(c1cccc(F)c1F)N2. The Morgan fingerprint density at radius 1 is 1.04 bits per heavy atom. The molecule has 2 aliphatic heterocycles. The number of nitrogens with one attached hydrogen (secondary N) is 1. The highest BCUT2D eigenvalue weighted by molar-refractivity contribution is 5.59. The van der Waals surface area contributed by atoms with Crippen LogP contribution in [0.25, 0.3) is 0 Å². The molecular weight excluding hydrogens is 324 g/mol. The molecule has 0 aromatic heterocycles. The molecule has 2 aromatic carbocycles. The molecule has 5 heteroatoms. The summed E-state index contributed by atoms with van der Waals surface area (Å²) in [5, 5.41) is 3.33.